The minimum atomic E-state index is 0.594. The molecule has 0 amide bonds. The van der Waals surface area contributed by atoms with Gasteiger partial charge < -0.3 is 10.2 Å². The first-order chi connectivity index (χ1) is 12.8. The third-order valence-corrected chi connectivity index (χ3v) is 5.47. The highest BCUT2D eigenvalue weighted by molar-refractivity contribution is 5.47. The van der Waals surface area contributed by atoms with Gasteiger partial charge >= 0.3 is 0 Å². The van der Waals surface area contributed by atoms with E-state index in [1.807, 2.05) is 19.1 Å². The molecule has 0 radical (unpaired) electrons. The highest BCUT2D eigenvalue weighted by atomic mass is 15.4. The standard InChI is InChI=1S/C18H22N8/c1-12-22-23-17-5-6-18(24-26(12)17)25-9-13(10-25)8-19-16-7-15(20-11-21-16)14-3-2-4-14/h5-7,11,13-14H,2-4,8-10H2,1H3,(H,19,20,21). The Morgan fingerprint density at radius 3 is 2.85 bits per heavy atom. The average Bonchev–Trinajstić information content (AvgIpc) is 2.93. The van der Waals surface area contributed by atoms with Crippen molar-refractivity contribution in [2.45, 2.75) is 32.1 Å². The van der Waals surface area contributed by atoms with Gasteiger partial charge in [0.15, 0.2) is 11.5 Å². The molecule has 5 rings (SSSR count). The maximum absolute atomic E-state index is 4.63. The van der Waals surface area contributed by atoms with E-state index in [0.717, 1.165) is 42.7 Å². The van der Waals surface area contributed by atoms with Gasteiger partial charge in [-0.15, -0.1) is 15.3 Å². The van der Waals surface area contributed by atoms with Gasteiger partial charge in [-0.3, -0.25) is 0 Å². The Morgan fingerprint density at radius 1 is 1.15 bits per heavy atom. The summed E-state index contributed by atoms with van der Waals surface area (Å²) in [6, 6.07) is 6.10. The molecule has 26 heavy (non-hydrogen) atoms. The molecule has 8 nitrogen and oxygen atoms in total. The van der Waals surface area contributed by atoms with Crippen LogP contribution in [-0.2, 0) is 0 Å². The fourth-order valence-electron chi connectivity index (χ4n) is 3.59. The van der Waals surface area contributed by atoms with Crippen LogP contribution in [0, 0.1) is 12.8 Å². The Kier molecular flexibility index (Phi) is 3.69. The van der Waals surface area contributed by atoms with Gasteiger partial charge in [0.1, 0.15) is 18.0 Å². The van der Waals surface area contributed by atoms with Crippen LogP contribution in [0.25, 0.3) is 5.65 Å². The van der Waals surface area contributed by atoms with E-state index in [1.54, 1.807) is 10.8 Å². The summed E-state index contributed by atoms with van der Waals surface area (Å²) in [6.07, 6.45) is 5.53. The summed E-state index contributed by atoms with van der Waals surface area (Å²) in [5.41, 5.74) is 1.97. The summed E-state index contributed by atoms with van der Waals surface area (Å²) in [7, 11) is 0. The van der Waals surface area contributed by atoms with Gasteiger partial charge in [0.05, 0.1) is 0 Å². The van der Waals surface area contributed by atoms with Crippen LogP contribution in [0.4, 0.5) is 11.6 Å². The third kappa shape index (κ3) is 2.75. The molecule has 134 valence electrons. The van der Waals surface area contributed by atoms with Gasteiger partial charge in [-0.1, -0.05) is 6.42 Å². The summed E-state index contributed by atoms with van der Waals surface area (Å²) in [6.45, 7) is 4.82. The Morgan fingerprint density at radius 2 is 2.04 bits per heavy atom. The Bertz CT molecular complexity index is 926. The molecule has 0 atom stereocenters. The van der Waals surface area contributed by atoms with Crippen molar-refractivity contribution in [1.82, 2.24) is 29.8 Å². The van der Waals surface area contributed by atoms with E-state index in [9.17, 15) is 0 Å². The fraction of sp³-hybridized carbons (Fsp3) is 0.500. The number of aromatic nitrogens is 6. The van der Waals surface area contributed by atoms with Gasteiger partial charge in [0, 0.05) is 43.2 Å². The van der Waals surface area contributed by atoms with E-state index in [1.165, 1.54) is 25.0 Å². The number of hydrogen-bond donors (Lipinski definition) is 1. The normalized spacial score (nSPS) is 18.0. The molecule has 3 aromatic heterocycles. The lowest BCUT2D eigenvalue weighted by molar-refractivity contribution is 0.410. The van der Waals surface area contributed by atoms with E-state index in [0.29, 0.717) is 11.8 Å². The molecular weight excluding hydrogens is 328 g/mol. The van der Waals surface area contributed by atoms with Gasteiger partial charge in [-0.05, 0) is 31.9 Å². The number of hydrogen-bond acceptors (Lipinski definition) is 7. The van der Waals surface area contributed by atoms with Gasteiger partial charge in [0.2, 0.25) is 0 Å². The molecule has 0 spiro atoms. The topological polar surface area (TPSA) is 84.1 Å². The summed E-state index contributed by atoms with van der Waals surface area (Å²) < 4.78 is 1.80. The lowest BCUT2D eigenvalue weighted by Crippen LogP contribution is -2.50. The largest absolute Gasteiger partial charge is 0.370 e. The van der Waals surface area contributed by atoms with Crippen LogP contribution in [0.2, 0.25) is 0 Å². The summed E-state index contributed by atoms with van der Waals surface area (Å²) >= 11 is 0. The summed E-state index contributed by atoms with van der Waals surface area (Å²) in [5, 5.41) is 16.2. The second-order valence-corrected chi connectivity index (χ2v) is 7.32. The van der Waals surface area contributed by atoms with Gasteiger partial charge in [0.25, 0.3) is 0 Å². The molecule has 1 saturated heterocycles. The molecule has 1 N–H and O–H groups in total. The monoisotopic (exact) mass is 350 g/mol. The molecule has 1 saturated carbocycles. The van der Waals surface area contributed by atoms with E-state index >= 15 is 0 Å². The molecule has 8 heteroatoms. The average molecular weight is 350 g/mol. The number of anilines is 2. The van der Waals surface area contributed by atoms with Crippen LogP contribution in [0.3, 0.4) is 0 Å². The molecular formula is C18H22N8. The van der Waals surface area contributed by atoms with Crippen LogP contribution < -0.4 is 10.2 Å². The predicted molar refractivity (Wildman–Crippen MR) is 98.3 cm³/mol. The van der Waals surface area contributed by atoms with Crippen molar-refractivity contribution in [2.75, 3.05) is 29.9 Å². The van der Waals surface area contributed by atoms with Crippen LogP contribution in [0.1, 0.15) is 36.7 Å². The highest BCUT2D eigenvalue weighted by Crippen LogP contribution is 2.35. The Hall–Kier alpha value is -2.77. The van der Waals surface area contributed by atoms with Crippen molar-refractivity contribution in [3.8, 4) is 0 Å². The number of aryl methyl sites for hydroxylation is 1. The number of nitrogens with zero attached hydrogens (tertiary/aromatic N) is 7. The van der Waals surface area contributed by atoms with Crippen LogP contribution in [-0.4, -0.2) is 49.4 Å². The Labute approximate surface area is 151 Å². The first kappa shape index (κ1) is 15.5. The molecule has 0 bridgehead atoms. The quantitative estimate of drug-likeness (QED) is 0.754. The van der Waals surface area contributed by atoms with Crippen molar-refractivity contribution in [1.29, 1.82) is 0 Å². The molecule has 0 aromatic carbocycles. The maximum Gasteiger partial charge on any atom is 0.178 e. The lowest BCUT2D eigenvalue weighted by atomic mass is 9.83. The van der Waals surface area contributed by atoms with Crippen LogP contribution in [0.5, 0.6) is 0 Å². The van der Waals surface area contributed by atoms with Crippen molar-refractivity contribution in [2.24, 2.45) is 5.92 Å². The summed E-state index contributed by atoms with van der Waals surface area (Å²) in [5.74, 6) is 3.97. The first-order valence-corrected chi connectivity index (χ1v) is 9.26. The SMILES string of the molecule is Cc1nnc2ccc(N3CC(CNc4cc(C5CCC5)ncn4)C3)nn12. The van der Waals surface area contributed by atoms with E-state index < -0.39 is 0 Å². The molecule has 4 heterocycles. The maximum atomic E-state index is 4.63. The first-order valence-electron chi connectivity index (χ1n) is 9.26. The number of fused-ring (bicyclic) bond motifs is 1. The number of rotatable bonds is 5. The number of nitrogens with one attached hydrogen (secondary N) is 1. The van der Waals surface area contributed by atoms with E-state index in [4.69, 9.17) is 0 Å². The minimum Gasteiger partial charge on any atom is -0.370 e. The molecule has 3 aromatic rings. The highest BCUT2D eigenvalue weighted by Gasteiger charge is 2.28. The van der Waals surface area contributed by atoms with Crippen molar-refractivity contribution < 1.29 is 0 Å². The minimum absolute atomic E-state index is 0.594. The zero-order chi connectivity index (χ0) is 17.5. The van der Waals surface area contributed by atoms with Crippen molar-refractivity contribution in [3.05, 3.63) is 36.0 Å². The van der Waals surface area contributed by atoms with Crippen molar-refractivity contribution >= 4 is 17.3 Å². The lowest BCUT2D eigenvalue weighted by Gasteiger charge is -2.40. The molecule has 2 fully saturated rings. The zero-order valence-corrected chi connectivity index (χ0v) is 14.8. The van der Waals surface area contributed by atoms with Crippen LogP contribution >= 0.6 is 0 Å². The second kappa shape index (κ2) is 6.19. The molecule has 1 aliphatic carbocycles. The van der Waals surface area contributed by atoms with Gasteiger partial charge in [-0.25, -0.2) is 9.97 Å². The Balaban J connectivity index is 1.17. The van der Waals surface area contributed by atoms with Crippen LogP contribution in [0.15, 0.2) is 24.5 Å². The van der Waals surface area contributed by atoms with Crippen molar-refractivity contribution in [3.63, 3.8) is 0 Å². The second-order valence-electron chi connectivity index (χ2n) is 7.32. The third-order valence-electron chi connectivity index (χ3n) is 5.47. The smallest absolute Gasteiger partial charge is 0.178 e. The predicted octanol–water partition coefficient (Wildman–Crippen LogP) is 2.04. The molecule has 2 aliphatic rings. The molecule has 1 aliphatic heterocycles. The van der Waals surface area contributed by atoms with Gasteiger partial charge in [-0.2, -0.15) is 4.52 Å². The van der Waals surface area contributed by atoms with E-state index in [-0.39, 0.29) is 0 Å². The fourth-order valence-corrected chi connectivity index (χ4v) is 3.59. The van der Waals surface area contributed by atoms with E-state index in [2.05, 4.69) is 41.5 Å². The zero-order valence-electron chi connectivity index (χ0n) is 14.8. The summed E-state index contributed by atoms with van der Waals surface area (Å²) in [4.78, 5) is 11.1. The molecule has 0 unspecified atom stereocenters.